The fraction of sp³-hybridized carbons (Fsp3) is 0.867. The Morgan fingerprint density at radius 1 is 1.05 bits per heavy atom. The van der Waals surface area contributed by atoms with Crippen molar-refractivity contribution in [2.45, 2.75) is 79.2 Å². The van der Waals surface area contributed by atoms with Crippen LogP contribution < -0.4 is 0 Å². The summed E-state index contributed by atoms with van der Waals surface area (Å²) in [4.78, 5) is 0. The van der Waals surface area contributed by atoms with E-state index in [0.717, 1.165) is 12.4 Å². The third-order valence-corrected chi connectivity index (χ3v) is 3.70. The van der Waals surface area contributed by atoms with Crippen molar-refractivity contribution in [3.8, 4) is 0 Å². The maximum Gasteiger partial charge on any atom is 0.225 e. The van der Waals surface area contributed by atoms with Crippen molar-refractivity contribution < 1.29 is 0 Å². The minimum atomic E-state index is -0.0281. The van der Waals surface area contributed by atoms with Gasteiger partial charge in [0.1, 0.15) is 5.82 Å². The predicted molar refractivity (Wildman–Crippen MR) is 81.7 cm³/mol. The van der Waals surface area contributed by atoms with Crippen LogP contribution in [0.3, 0.4) is 0 Å². The Bertz CT molecular complexity index is 402. The number of unbranched alkanes of at least 4 members (excludes halogenated alkanes) is 2. The van der Waals surface area contributed by atoms with E-state index in [1.54, 1.807) is 0 Å². The lowest BCUT2D eigenvalue weighted by Crippen LogP contribution is -2.26. The summed E-state index contributed by atoms with van der Waals surface area (Å²) >= 11 is 6.21. The predicted octanol–water partition coefficient (Wildman–Crippen LogP) is 4.84. The molecule has 0 unspecified atom stereocenters. The molecule has 0 spiro atoms. The molecule has 1 aromatic heterocycles. The van der Waals surface area contributed by atoms with Crippen LogP contribution in [-0.4, -0.2) is 14.8 Å². The highest BCUT2D eigenvalue weighted by atomic mass is 35.5. The van der Waals surface area contributed by atoms with Crippen LogP contribution in [0, 0.1) is 5.41 Å². The summed E-state index contributed by atoms with van der Waals surface area (Å²) in [7, 11) is 0. The molecule has 3 nitrogen and oxygen atoms in total. The van der Waals surface area contributed by atoms with Crippen molar-refractivity contribution in [1.29, 1.82) is 0 Å². The molecule has 110 valence electrons. The lowest BCUT2D eigenvalue weighted by Gasteiger charge is -2.28. The minimum absolute atomic E-state index is 0.0281. The van der Waals surface area contributed by atoms with E-state index in [-0.39, 0.29) is 10.8 Å². The van der Waals surface area contributed by atoms with Gasteiger partial charge in [0.25, 0.3) is 0 Å². The average molecular weight is 286 g/mol. The molecule has 0 saturated heterocycles. The Hall–Kier alpha value is -0.570. The van der Waals surface area contributed by atoms with Gasteiger partial charge in [-0.25, -0.2) is 0 Å². The van der Waals surface area contributed by atoms with Gasteiger partial charge < -0.3 is 4.57 Å². The lowest BCUT2D eigenvalue weighted by molar-refractivity contribution is 0.263. The maximum absolute atomic E-state index is 6.21. The molecular weight excluding hydrogens is 258 g/mol. The molecule has 0 N–H and O–H groups in total. The molecule has 0 amide bonds. The largest absolute Gasteiger partial charge is 0.301 e. The summed E-state index contributed by atoms with van der Waals surface area (Å²) in [6.45, 7) is 14.2. The van der Waals surface area contributed by atoms with E-state index in [0.29, 0.717) is 5.28 Å². The second kappa shape index (κ2) is 6.25. The SMILES string of the molecule is CCCCCC(C)(C)Cn1c(Cl)nnc1C(C)(C)C. The van der Waals surface area contributed by atoms with Crippen LogP contribution >= 0.6 is 11.6 Å². The van der Waals surface area contributed by atoms with Gasteiger partial charge in [0, 0.05) is 12.0 Å². The quantitative estimate of drug-likeness (QED) is 0.701. The summed E-state index contributed by atoms with van der Waals surface area (Å²) in [6.07, 6.45) is 5.04. The van der Waals surface area contributed by atoms with Crippen molar-refractivity contribution in [1.82, 2.24) is 14.8 Å². The van der Waals surface area contributed by atoms with Crippen molar-refractivity contribution >= 4 is 11.6 Å². The van der Waals surface area contributed by atoms with E-state index in [2.05, 4.69) is 56.3 Å². The van der Waals surface area contributed by atoms with E-state index in [4.69, 9.17) is 11.6 Å². The molecule has 1 heterocycles. The molecule has 0 bridgehead atoms. The zero-order chi connectivity index (χ0) is 14.7. The Morgan fingerprint density at radius 2 is 1.68 bits per heavy atom. The molecule has 0 aliphatic heterocycles. The van der Waals surface area contributed by atoms with E-state index < -0.39 is 0 Å². The zero-order valence-electron chi connectivity index (χ0n) is 13.3. The first-order valence-corrected chi connectivity index (χ1v) is 7.64. The van der Waals surface area contributed by atoms with Crippen LogP contribution in [0.2, 0.25) is 5.28 Å². The molecular formula is C15H28ClN3. The monoisotopic (exact) mass is 285 g/mol. The molecule has 1 rings (SSSR count). The molecule has 4 heteroatoms. The number of aromatic nitrogens is 3. The Kier molecular flexibility index (Phi) is 5.43. The van der Waals surface area contributed by atoms with Gasteiger partial charge in [-0.05, 0) is 23.4 Å². The molecule has 0 aliphatic carbocycles. The number of nitrogens with zero attached hydrogens (tertiary/aromatic N) is 3. The van der Waals surface area contributed by atoms with Crippen molar-refractivity contribution in [3.63, 3.8) is 0 Å². The van der Waals surface area contributed by atoms with Crippen LogP contribution in [-0.2, 0) is 12.0 Å². The number of hydrogen-bond acceptors (Lipinski definition) is 2. The summed E-state index contributed by atoms with van der Waals surface area (Å²) in [5, 5.41) is 8.80. The minimum Gasteiger partial charge on any atom is -0.301 e. The van der Waals surface area contributed by atoms with Gasteiger partial charge in [0.2, 0.25) is 5.28 Å². The number of hydrogen-bond donors (Lipinski definition) is 0. The van der Waals surface area contributed by atoms with E-state index in [1.807, 2.05) is 0 Å². The second-order valence-electron chi connectivity index (χ2n) is 7.25. The van der Waals surface area contributed by atoms with Crippen LogP contribution in [0.25, 0.3) is 0 Å². The smallest absolute Gasteiger partial charge is 0.225 e. The van der Waals surface area contributed by atoms with Gasteiger partial charge in [-0.2, -0.15) is 0 Å². The Labute approximate surface area is 122 Å². The highest BCUT2D eigenvalue weighted by molar-refractivity contribution is 6.28. The second-order valence-corrected chi connectivity index (χ2v) is 7.59. The molecule has 0 fully saturated rings. The highest BCUT2D eigenvalue weighted by Gasteiger charge is 2.27. The molecule has 1 aromatic rings. The van der Waals surface area contributed by atoms with Gasteiger partial charge in [-0.15, -0.1) is 10.2 Å². The van der Waals surface area contributed by atoms with Gasteiger partial charge >= 0.3 is 0 Å². The molecule has 0 aliphatic rings. The van der Waals surface area contributed by atoms with E-state index >= 15 is 0 Å². The van der Waals surface area contributed by atoms with Gasteiger partial charge in [0.05, 0.1) is 0 Å². The van der Waals surface area contributed by atoms with Gasteiger partial charge in [0.15, 0.2) is 0 Å². The maximum atomic E-state index is 6.21. The van der Waals surface area contributed by atoms with Crippen molar-refractivity contribution in [2.24, 2.45) is 5.41 Å². The average Bonchev–Trinajstić information content (AvgIpc) is 2.59. The lowest BCUT2D eigenvalue weighted by atomic mass is 9.86. The first kappa shape index (κ1) is 16.5. The fourth-order valence-corrected chi connectivity index (χ4v) is 2.52. The molecule has 0 radical (unpaired) electrons. The Morgan fingerprint density at radius 3 is 2.21 bits per heavy atom. The van der Waals surface area contributed by atoms with Crippen LogP contribution in [0.15, 0.2) is 0 Å². The highest BCUT2D eigenvalue weighted by Crippen LogP contribution is 2.30. The first-order chi connectivity index (χ1) is 8.67. The molecule has 0 saturated carbocycles. The third kappa shape index (κ3) is 4.79. The summed E-state index contributed by atoms with van der Waals surface area (Å²) in [5.74, 6) is 0.973. The van der Waals surface area contributed by atoms with Gasteiger partial charge in [-0.1, -0.05) is 60.8 Å². The normalized spacial score (nSPS) is 13.0. The molecule has 0 atom stereocenters. The van der Waals surface area contributed by atoms with Gasteiger partial charge in [-0.3, -0.25) is 0 Å². The van der Waals surface area contributed by atoms with Crippen molar-refractivity contribution in [2.75, 3.05) is 0 Å². The van der Waals surface area contributed by atoms with Crippen LogP contribution in [0.1, 0.15) is 73.1 Å². The number of rotatable bonds is 6. The first-order valence-electron chi connectivity index (χ1n) is 7.26. The summed E-state index contributed by atoms with van der Waals surface area (Å²) in [6, 6.07) is 0. The topological polar surface area (TPSA) is 30.7 Å². The summed E-state index contributed by atoms with van der Waals surface area (Å²) < 4.78 is 2.08. The van der Waals surface area contributed by atoms with E-state index in [9.17, 15) is 0 Å². The number of halogens is 1. The fourth-order valence-electron chi connectivity index (χ4n) is 2.34. The summed E-state index contributed by atoms with van der Waals surface area (Å²) in [5.41, 5.74) is 0.195. The van der Waals surface area contributed by atoms with Crippen LogP contribution in [0.4, 0.5) is 0 Å². The van der Waals surface area contributed by atoms with Crippen LogP contribution in [0.5, 0.6) is 0 Å². The Balaban J connectivity index is 2.84. The van der Waals surface area contributed by atoms with E-state index in [1.165, 1.54) is 25.7 Å². The zero-order valence-corrected chi connectivity index (χ0v) is 14.0. The molecule has 19 heavy (non-hydrogen) atoms. The standard InChI is InChI=1S/C15H28ClN3/c1-7-8-9-10-15(5,6)11-19-12(14(2,3)4)17-18-13(19)16/h7-11H2,1-6H3. The molecule has 0 aromatic carbocycles. The van der Waals surface area contributed by atoms with Crippen molar-refractivity contribution in [3.05, 3.63) is 11.1 Å². The third-order valence-electron chi connectivity index (χ3n) is 3.42.